The molecule has 2 aromatic heterocycles. The van der Waals surface area contributed by atoms with Crippen molar-refractivity contribution in [2.75, 3.05) is 18.6 Å². The third-order valence-corrected chi connectivity index (χ3v) is 2.68. The van der Waals surface area contributed by atoms with Crippen LogP contribution in [-0.4, -0.2) is 11.8 Å². The van der Waals surface area contributed by atoms with E-state index in [2.05, 4.69) is 0 Å². The fourth-order valence-electron chi connectivity index (χ4n) is 1.20. The monoisotopic (exact) mass is 183 g/mol. The summed E-state index contributed by atoms with van der Waals surface area (Å²) in [6.45, 7) is 0. The smallest absolute Gasteiger partial charge is 0.165 e. The largest absolute Gasteiger partial charge is 0.414 e. The zero-order valence-electron chi connectivity index (χ0n) is 6.57. The first-order valence-electron chi connectivity index (χ1n) is 3.43. The predicted octanol–water partition coefficient (Wildman–Crippen LogP) is 0.926. The molecule has 0 aliphatic rings. The zero-order chi connectivity index (χ0) is 8.72. The number of nitrogens with zero attached hydrogens (tertiary/aromatic N) is 1. The van der Waals surface area contributed by atoms with E-state index in [-0.39, 0.29) is 0 Å². The minimum Gasteiger partial charge on any atom is -0.414 e. The standard InChI is InChI=1S/C7H9N3OS/c1-11-10-6(9)5(8)4-2-3-12-7(4)10/h2-3H,8-9H2,1H3. The Bertz CT molecular complexity index is 417. The normalized spacial score (nSPS) is 10.8. The maximum atomic E-state index is 5.74. The van der Waals surface area contributed by atoms with Gasteiger partial charge in [0.2, 0.25) is 0 Å². The Hall–Kier alpha value is -1.36. The molecule has 0 aliphatic carbocycles. The lowest BCUT2D eigenvalue weighted by molar-refractivity contribution is 0.186. The van der Waals surface area contributed by atoms with Gasteiger partial charge in [0.1, 0.15) is 11.9 Å². The first-order chi connectivity index (χ1) is 5.75. The third kappa shape index (κ3) is 0.711. The number of rotatable bonds is 1. The maximum Gasteiger partial charge on any atom is 0.165 e. The fraction of sp³-hybridized carbons (Fsp3) is 0.143. The molecular formula is C7H9N3OS. The van der Waals surface area contributed by atoms with Crippen LogP contribution in [-0.2, 0) is 0 Å². The topological polar surface area (TPSA) is 66.2 Å². The molecule has 2 rings (SSSR count). The highest BCUT2D eigenvalue weighted by Crippen LogP contribution is 2.32. The number of nitrogens with two attached hydrogens (primary N) is 2. The van der Waals surface area contributed by atoms with E-state index in [1.807, 2.05) is 11.4 Å². The van der Waals surface area contributed by atoms with Gasteiger partial charge in [-0.25, -0.2) is 0 Å². The number of thiophene rings is 1. The summed E-state index contributed by atoms with van der Waals surface area (Å²) in [5, 5.41) is 2.91. The van der Waals surface area contributed by atoms with Crippen LogP contribution in [0.15, 0.2) is 11.4 Å². The zero-order valence-corrected chi connectivity index (χ0v) is 7.39. The van der Waals surface area contributed by atoms with Crippen LogP contribution in [0, 0.1) is 0 Å². The first-order valence-corrected chi connectivity index (χ1v) is 4.31. The maximum absolute atomic E-state index is 5.74. The molecular weight excluding hydrogens is 174 g/mol. The van der Waals surface area contributed by atoms with E-state index >= 15 is 0 Å². The molecule has 5 heteroatoms. The molecule has 0 saturated heterocycles. The number of hydrogen-bond donors (Lipinski definition) is 2. The number of anilines is 2. The Morgan fingerprint density at radius 3 is 2.92 bits per heavy atom. The van der Waals surface area contributed by atoms with Crippen molar-refractivity contribution in [3.8, 4) is 0 Å². The van der Waals surface area contributed by atoms with Crippen molar-refractivity contribution >= 4 is 33.1 Å². The Balaban J connectivity index is 2.88. The molecule has 0 fully saturated rings. The molecule has 0 spiro atoms. The number of hydrogen-bond acceptors (Lipinski definition) is 4. The van der Waals surface area contributed by atoms with Gasteiger partial charge < -0.3 is 16.3 Å². The molecule has 0 bridgehead atoms. The minimum absolute atomic E-state index is 0.472. The number of aromatic nitrogens is 1. The van der Waals surface area contributed by atoms with Gasteiger partial charge in [0.05, 0.1) is 5.69 Å². The van der Waals surface area contributed by atoms with Gasteiger partial charge in [-0.1, -0.05) is 0 Å². The van der Waals surface area contributed by atoms with E-state index in [0.29, 0.717) is 11.5 Å². The van der Waals surface area contributed by atoms with Crippen molar-refractivity contribution < 1.29 is 4.84 Å². The molecule has 0 aromatic carbocycles. The van der Waals surface area contributed by atoms with E-state index in [4.69, 9.17) is 16.3 Å². The van der Waals surface area contributed by atoms with E-state index < -0.39 is 0 Å². The van der Waals surface area contributed by atoms with E-state index in [0.717, 1.165) is 10.2 Å². The quantitative estimate of drug-likeness (QED) is 0.691. The van der Waals surface area contributed by atoms with Crippen LogP contribution in [0.2, 0.25) is 0 Å². The Labute approximate surface area is 73.3 Å². The average molecular weight is 183 g/mol. The van der Waals surface area contributed by atoms with Crippen molar-refractivity contribution in [3.63, 3.8) is 0 Å². The lowest BCUT2D eigenvalue weighted by atomic mass is 10.3. The fourth-order valence-corrected chi connectivity index (χ4v) is 2.11. The van der Waals surface area contributed by atoms with Crippen LogP contribution in [0.5, 0.6) is 0 Å². The summed E-state index contributed by atoms with van der Waals surface area (Å²) in [6.07, 6.45) is 0. The second-order valence-electron chi connectivity index (χ2n) is 2.42. The van der Waals surface area contributed by atoms with Crippen LogP contribution in [0.3, 0.4) is 0 Å². The third-order valence-electron chi connectivity index (χ3n) is 1.80. The lowest BCUT2D eigenvalue weighted by Crippen LogP contribution is -2.08. The summed E-state index contributed by atoms with van der Waals surface area (Å²) >= 11 is 1.55. The highest BCUT2D eigenvalue weighted by molar-refractivity contribution is 7.17. The molecule has 12 heavy (non-hydrogen) atoms. The van der Waals surface area contributed by atoms with Gasteiger partial charge in [0.15, 0.2) is 5.82 Å². The summed E-state index contributed by atoms with van der Waals surface area (Å²) in [5.41, 5.74) is 12.0. The van der Waals surface area contributed by atoms with Gasteiger partial charge in [0, 0.05) is 5.39 Å². The summed E-state index contributed by atoms with van der Waals surface area (Å²) in [6, 6.07) is 1.93. The van der Waals surface area contributed by atoms with E-state index in [9.17, 15) is 0 Å². The van der Waals surface area contributed by atoms with E-state index in [1.54, 1.807) is 18.4 Å². The molecule has 0 unspecified atom stereocenters. The van der Waals surface area contributed by atoms with Gasteiger partial charge >= 0.3 is 0 Å². The molecule has 64 valence electrons. The predicted molar refractivity (Wildman–Crippen MR) is 51.1 cm³/mol. The summed E-state index contributed by atoms with van der Waals surface area (Å²) in [4.78, 5) is 6.01. The summed E-state index contributed by atoms with van der Waals surface area (Å²) < 4.78 is 1.54. The van der Waals surface area contributed by atoms with Crippen molar-refractivity contribution in [1.82, 2.24) is 4.73 Å². The number of fused-ring (bicyclic) bond motifs is 1. The van der Waals surface area contributed by atoms with Crippen molar-refractivity contribution in [2.45, 2.75) is 0 Å². The Morgan fingerprint density at radius 2 is 2.25 bits per heavy atom. The van der Waals surface area contributed by atoms with Crippen molar-refractivity contribution in [3.05, 3.63) is 11.4 Å². The van der Waals surface area contributed by atoms with Gasteiger partial charge in [-0.15, -0.1) is 11.3 Å². The van der Waals surface area contributed by atoms with Crippen LogP contribution in [0.25, 0.3) is 10.2 Å². The summed E-state index contributed by atoms with van der Waals surface area (Å²) in [5.74, 6) is 0.472. The van der Waals surface area contributed by atoms with Gasteiger partial charge in [-0.3, -0.25) is 0 Å². The lowest BCUT2D eigenvalue weighted by Gasteiger charge is -2.02. The van der Waals surface area contributed by atoms with Crippen LogP contribution >= 0.6 is 11.3 Å². The highest BCUT2D eigenvalue weighted by atomic mass is 32.1. The van der Waals surface area contributed by atoms with Crippen LogP contribution in [0.4, 0.5) is 11.5 Å². The molecule has 2 heterocycles. The SMILES string of the molecule is COn1c(N)c(N)c2ccsc21. The molecule has 0 radical (unpaired) electrons. The second kappa shape index (κ2) is 2.31. The van der Waals surface area contributed by atoms with Crippen molar-refractivity contribution in [1.29, 1.82) is 0 Å². The second-order valence-corrected chi connectivity index (χ2v) is 3.31. The molecule has 0 saturated carbocycles. The molecule has 4 nitrogen and oxygen atoms in total. The molecule has 0 aliphatic heterocycles. The summed E-state index contributed by atoms with van der Waals surface area (Å²) in [7, 11) is 1.56. The van der Waals surface area contributed by atoms with Crippen LogP contribution < -0.4 is 16.3 Å². The Morgan fingerprint density at radius 1 is 1.50 bits per heavy atom. The minimum atomic E-state index is 0.472. The molecule has 0 amide bonds. The molecule has 4 N–H and O–H groups in total. The van der Waals surface area contributed by atoms with Gasteiger partial charge in [0.25, 0.3) is 0 Å². The average Bonchev–Trinajstić information content (AvgIpc) is 2.59. The highest BCUT2D eigenvalue weighted by Gasteiger charge is 2.13. The van der Waals surface area contributed by atoms with Crippen molar-refractivity contribution in [2.24, 2.45) is 0 Å². The van der Waals surface area contributed by atoms with Gasteiger partial charge in [-0.2, -0.15) is 4.73 Å². The first kappa shape index (κ1) is 7.30. The van der Waals surface area contributed by atoms with Gasteiger partial charge in [-0.05, 0) is 11.4 Å². The molecule has 2 aromatic rings. The molecule has 0 atom stereocenters. The van der Waals surface area contributed by atoms with E-state index in [1.165, 1.54) is 4.73 Å². The Kier molecular flexibility index (Phi) is 1.41. The van der Waals surface area contributed by atoms with Crippen LogP contribution in [0.1, 0.15) is 0 Å². The number of nitrogen functional groups attached to an aromatic ring is 2.